The van der Waals surface area contributed by atoms with Gasteiger partial charge in [0.2, 0.25) is 5.91 Å². The summed E-state index contributed by atoms with van der Waals surface area (Å²) in [6, 6.07) is 12.4. The maximum Gasteiger partial charge on any atom is 0.250 e. The van der Waals surface area contributed by atoms with Gasteiger partial charge < -0.3 is 20.1 Å². The molecular formula is C28H27Cl3N4O3S. The summed E-state index contributed by atoms with van der Waals surface area (Å²) < 4.78 is 14.4. The maximum atomic E-state index is 12.3. The summed E-state index contributed by atoms with van der Waals surface area (Å²) in [7, 11) is 2.11. The summed E-state index contributed by atoms with van der Waals surface area (Å²) in [6.07, 6.45) is 3.11. The van der Waals surface area contributed by atoms with E-state index < -0.39 is 12.0 Å². The first kappa shape index (κ1) is 27.9. The maximum absolute atomic E-state index is 12.3. The van der Waals surface area contributed by atoms with Gasteiger partial charge in [-0.15, -0.1) is 12.6 Å². The zero-order chi connectivity index (χ0) is 27.8. The van der Waals surface area contributed by atoms with Crippen LogP contribution < -0.4 is 15.2 Å². The van der Waals surface area contributed by atoms with Gasteiger partial charge >= 0.3 is 0 Å². The number of nitrogens with two attached hydrogens (primary N) is 1. The predicted octanol–water partition coefficient (Wildman–Crippen LogP) is 6.99. The van der Waals surface area contributed by atoms with Crippen LogP contribution in [0.2, 0.25) is 15.1 Å². The summed E-state index contributed by atoms with van der Waals surface area (Å²) in [4.78, 5) is 19.4. The van der Waals surface area contributed by atoms with Crippen LogP contribution in [0.1, 0.15) is 41.8 Å². The van der Waals surface area contributed by atoms with E-state index in [2.05, 4.69) is 29.6 Å². The van der Waals surface area contributed by atoms with Gasteiger partial charge in [0.05, 0.1) is 42.2 Å². The number of benzene rings is 3. The molecule has 0 radical (unpaired) electrons. The fraction of sp³-hybridized carbons (Fsp3) is 0.286. The van der Waals surface area contributed by atoms with E-state index in [-0.39, 0.29) is 11.7 Å². The minimum Gasteiger partial charge on any atom is -0.489 e. The number of halogens is 3. The fourth-order valence-electron chi connectivity index (χ4n) is 4.69. The second kappa shape index (κ2) is 11.5. The molecule has 7 nitrogen and oxygen atoms in total. The molecule has 1 atom stereocenters. The van der Waals surface area contributed by atoms with Gasteiger partial charge in [-0.25, -0.2) is 4.98 Å². The molecule has 4 aromatic rings. The van der Waals surface area contributed by atoms with Crippen molar-refractivity contribution in [1.82, 2.24) is 14.5 Å². The molecule has 0 saturated carbocycles. The first-order valence-electron chi connectivity index (χ1n) is 12.4. The number of rotatable bonds is 7. The van der Waals surface area contributed by atoms with Crippen molar-refractivity contribution < 1.29 is 14.3 Å². The Morgan fingerprint density at radius 1 is 1.10 bits per heavy atom. The van der Waals surface area contributed by atoms with E-state index in [1.807, 2.05) is 25.1 Å². The van der Waals surface area contributed by atoms with Gasteiger partial charge in [-0.3, -0.25) is 9.36 Å². The lowest BCUT2D eigenvalue weighted by atomic mass is 10.1. The van der Waals surface area contributed by atoms with Crippen LogP contribution in [0.3, 0.4) is 0 Å². The number of hydrogen-bond donors (Lipinski definition) is 2. The highest BCUT2D eigenvalue weighted by Gasteiger charge is 2.23. The predicted molar refractivity (Wildman–Crippen MR) is 159 cm³/mol. The molecule has 1 aliphatic rings. The van der Waals surface area contributed by atoms with E-state index in [1.165, 1.54) is 0 Å². The standard InChI is InChI=1S/C28H27Cl3N4O3S/c1-15(18-4-3-5-24(26(18)31)38-17-6-8-34(2)9-7-17)37-25-11-16(10-19(27(25)39)28(32)36)35-14-33-22-12-20(29)21(30)13-23(22)35/h3-5,10-15,17,39H,6-9H2,1-2H3,(H2,32,36)/t15-/m1/s1. The van der Waals surface area contributed by atoms with E-state index in [1.54, 1.807) is 35.2 Å². The van der Waals surface area contributed by atoms with Crippen LogP contribution in [-0.2, 0) is 0 Å². The smallest absolute Gasteiger partial charge is 0.250 e. The largest absolute Gasteiger partial charge is 0.489 e. The number of carbonyl (C=O) groups is 1. The number of nitrogens with zero attached hydrogens (tertiary/aromatic N) is 3. The lowest BCUT2D eigenvalue weighted by Crippen LogP contribution is -2.35. The molecule has 3 aromatic carbocycles. The topological polar surface area (TPSA) is 82.6 Å². The molecule has 1 fully saturated rings. The first-order valence-corrected chi connectivity index (χ1v) is 14.0. The van der Waals surface area contributed by atoms with Gasteiger partial charge in [0.25, 0.3) is 0 Å². The van der Waals surface area contributed by atoms with Crippen LogP contribution in [0.25, 0.3) is 16.7 Å². The van der Waals surface area contributed by atoms with E-state index in [9.17, 15) is 4.79 Å². The molecule has 1 aromatic heterocycles. The third-order valence-corrected chi connectivity index (χ3v) is 8.47. The zero-order valence-corrected chi connectivity index (χ0v) is 24.5. The second-order valence-corrected chi connectivity index (χ2v) is 11.3. The SMILES string of the molecule is C[C@@H](Oc1cc(-n2cnc3cc(Cl)c(Cl)cc32)cc(C(N)=O)c1S)c1cccc(OC2CCN(C)CC2)c1Cl. The number of likely N-dealkylation sites (tertiary alicyclic amines) is 1. The van der Waals surface area contributed by atoms with Crippen molar-refractivity contribution in [3.8, 4) is 17.2 Å². The van der Waals surface area contributed by atoms with Crippen molar-refractivity contribution in [1.29, 1.82) is 0 Å². The molecule has 39 heavy (non-hydrogen) atoms. The molecule has 1 aliphatic heterocycles. The van der Waals surface area contributed by atoms with Crippen molar-refractivity contribution in [2.75, 3.05) is 20.1 Å². The molecule has 0 bridgehead atoms. The number of fused-ring (bicyclic) bond motifs is 1. The Morgan fingerprint density at radius 2 is 1.82 bits per heavy atom. The number of thiol groups is 1. The number of imidazole rings is 1. The van der Waals surface area contributed by atoms with Gasteiger partial charge in [0.1, 0.15) is 30.0 Å². The summed E-state index contributed by atoms with van der Waals surface area (Å²) in [6.45, 7) is 3.84. The molecule has 0 unspecified atom stereocenters. The first-order chi connectivity index (χ1) is 18.6. The molecule has 0 aliphatic carbocycles. The molecule has 1 saturated heterocycles. The average Bonchev–Trinajstić information content (AvgIpc) is 3.30. The quantitative estimate of drug-likeness (QED) is 0.222. The van der Waals surface area contributed by atoms with E-state index in [0.717, 1.165) is 31.5 Å². The van der Waals surface area contributed by atoms with Crippen molar-refractivity contribution in [3.63, 3.8) is 0 Å². The van der Waals surface area contributed by atoms with Crippen LogP contribution >= 0.6 is 47.4 Å². The Bertz CT molecular complexity index is 1550. The minimum atomic E-state index is -0.642. The lowest BCUT2D eigenvalue weighted by Gasteiger charge is -2.30. The third-order valence-electron chi connectivity index (χ3n) is 6.89. The third kappa shape index (κ3) is 5.81. The van der Waals surface area contributed by atoms with E-state index in [0.29, 0.717) is 48.2 Å². The average molecular weight is 606 g/mol. The monoisotopic (exact) mass is 604 g/mol. The summed E-state index contributed by atoms with van der Waals surface area (Å²) in [5.74, 6) is 0.338. The van der Waals surface area contributed by atoms with Crippen LogP contribution in [0, 0.1) is 0 Å². The molecule has 0 spiro atoms. The summed E-state index contributed by atoms with van der Waals surface area (Å²) in [5.41, 5.74) is 8.58. The zero-order valence-electron chi connectivity index (χ0n) is 21.3. The molecule has 2 N–H and O–H groups in total. The van der Waals surface area contributed by atoms with Gasteiger partial charge in [-0.1, -0.05) is 46.9 Å². The Labute approximate surface area is 247 Å². The lowest BCUT2D eigenvalue weighted by molar-refractivity contribution is 0.0996. The normalized spacial score (nSPS) is 15.4. The second-order valence-electron chi connectivity index (χ2n) is 9.61. The van der Waals surface area contributed by atoms with Crippen molar-refractivity contribution in [2.24, 2.45) is 5.73 Å². The molecule has 1 amide bonds. The van der Waals surface area contributed by atoms with E-state index in [4.69, 9.17) is 50.0 Å². The molecule has 2 heterocycles. The summed E-state index contributed by atoms with van der Waals surface area (Å²) in [5, 5.41) is 1.27. The van der Waals surface area contributed by atoms with Crippen LogP contribution in [-0.4, -0.2) is 46.6 Å². The van der Waals surface area contributed by atoms with Crippen molar-refractivity contribution in [3.05, 3.63) is 75.0 Å². The minimum absolute atomic E-state index is 0.109. The highest BCUT2D eigenvalue weighted by molar-refractivity contribution is 7.80. The number of amides is 1. The van der Waals surface area contributed by atoms with Crippen LogP contribution in [0.15, 0.2) is 53.7 Å². The molecule has 5 rings (SSSR count). The Morgan fingerprint density at radius 3 is 2.54 bits per heavy atom. The summed E-state index contributed by atoms with van der Waals surface area (Å²) >= 11 is 23.8. The Kier molecular flexibility index (Phi) is 8.21. The number of primary amides is 1. The number of ether oxygens (including phenoxy) is 2. The Hall–Kier alpha value is -2.62. The molecule has 11 heteroatoms. The van der Waals surface area contributed by atoms with Crippen LogP contribution in [0.5, 0.6) is 11.5 Å². The van der Waals surface area contributed by atoms with E-state index >= 15 is 0 Å². The fourth-order valence-corrected chi connectivity index (χ4v) is 5.62. The van der Waals surface area contributed by atoms with Crippen molar-refractivity contribution >= 4 is 64.4 Å². The number of carbonyl (C=O) groups excluding carboxylic acids is 1. The molecule has 204 valence electrons. The number of hydrogen-bond acceptors (Lipinski definition) is 6. The van der Waals surface area contributed by atoms with Crippen LogP contribution in [0.4, 0.5) is 0 Å². The van der Waals surface area contributed by atoms with Gasteiger partial charge in [0, 0.05) is 24.7 Å². The van der Waals surface area contributed by atoms with Crippen molar-refractivity contribution in [2.45, 2.75) is 36.9 Å². The van der Waals surface area contributed by atoms with Gasteiger partial charge in [-0.2, -0.15) is 0 Å². The Balaban J connectivity index is 1.47. The highest BCUT2D eigenvalue weighted by Crippen LogP contribution is 2.39. The van der Waals surface area contributed by atoms with Gasteiger partial charge in [0.15, 0.2) is 0 Å². The van der Waals surface area contributed by atoms with Gasteiger partial charge in [-0.05, 0) is 51.1 Å². The number of aromatic nitrogens is 2. The highest BCUT2D eigenvalue weighted by atomic mass is 35.5. The molecular weight excluding hydrogens is 579 g/mol. The number of piperidine rings is 1.